The summed E-state index contributed by atoms with van der Waals surface area (Å²) in [6.45, 7) is 1.37. The number of methoxy groups -OCH3 is 1. The SMILES string of the molecule is COc1ccc(NS(=O)(=O)c2cccc(C(=O)OC(C)C(=O)Nc3ccccc3C#N)c2)cc1. The van der Waals surface area contributed by atoms with E-state index in [2.05, 4.69) is 10.0 Å². The first kappa shape index (κ1) is 24.3. The summed E-state index contributed by atoms with van der Waals surface area (Å²) in [5, 5.41) is 11.7. The van der Waals surface area contributed by atoms with Crippen molar-refractivity contribution in [3.8, 4) is 11.8 Å². The molecule has 0 aliphatic heterocycles. The van der Waals surface area contributed by atoms with Crippen LogP contribution in [-0.2, 0) is 19.6 Å². The molecule has 10 heteroatoms. The van der Waals surface area contributed by atoms with E-state index in [-0.39, 0.29) is 21.7 Å². The van der Waals surface area contributed by atoms with E-state index in [4.69, 9.17) is 14.7 Å². The largest absolute Gasteiger partial charge is 0.497 e. The molecule has 0 heterocycles. The lowest BCUT2D eigenvalue weighted by Gasteiger charge is -2.15. The van der Waals surface area contributed by atoms with Crippen molar-refractivity contribution >= 4 is 33.3 Å². The molecule has 1 amide bonds. The van der Waals surface area contributed by atoms with Gasteiger partial charge in [0.05, 0.1) is 28.8 Å². The van der Waals surface area contributed by atoms with Crippen LogP contribution in [0, 0.1) is 11.3 Å². The molecule has 0 aliphatic carbocycles. The minimum absolute atomic E-state index is 0.0466. The molecule has 34 heavy (non-hydrogen) atoms. The Morgan fingerprint density at radius 2 is 1.71 bits per heavy atom. The zero-order chi connectivity index (χ0) is 24.7. The van der Waals surface area contributed by atoms with Crippen LogP contribution in [0.15, 0.2) is 77.7 Å². The molecule has 0 saturated carbocycles. The van der Waals surface area contributed by atoms with Crippen LogP contribution < -0.4 is 14.8 Å². The first-order valence-corrected chi connectivity index (χ1v) is 11.5. The molecule has 1 atom stereocenters. The number of ether oxygens (including phenoxy) is 2. The maximum absolute atomic E-state index is 12.7. The molecular formula is C24H21N3O6S. The molecule has 0 radical (unpaired) electrons. The lowest BCUT2D eigenvalue weighted by molar-refractivity contribution is -0.123. The first-order valence-electron chi connectivity index (χ1n) is 10.0. The van der Waals surface area contributed by atoms with Gasteiger partial charge in [0.1, 0.15) is 11.8 Å². The maximum atomic E-state index is 12.7. The number of para-hydroxylation sites is 1. The number of benzene rings is 3. The highest BCUT2D eigenvalue weighted by atomic mass is 32.2. The highest BCUT2D eigenvalue weighted by molar-refractivity contribution is 7.92. The minimum atomic E-state index is -3.99. The Morgan fingerprint density at radius 3 is 2.38 bits per heavy atom. The van der Waals surface area contributed by atoms with E-state index >= 15 is 0 Å². The molecule has 0 aromatic heterocycles. The number of nitrogens with one attached hydrogen (secondary N) is 2. The van der Waals surface area contributed by atoms with E-state index in [1.165, 1.54) is 38.3 Å². The van der Waals surface area contributed by atoms with Crippen molar-refractivity contribution < 1.29 is 27.5 Å². The normalized spacial score (nSPS) is 11.6. The Balaban J connectivity index is 1.69. The number of nitriles is 1. The fourth-order valence-corrected chi connectivity index (χ4v) is 3.97. The zero-order valence-electron chi connectivity index (χ0n) is 18.3. The Labute approximate surface area is 197 Å². The van der Waals surface area contributed by atoms with Gasteiger partial charge in [-0.2, -0.15) is 5.26 Å². The van der Waals surface area contributed by atoms with Crippen molar-refractivity contribution in [1.82, 2.24) is 0 Å². The summed E-state index contributed by atoms with van der Waals surface area (Å²) in [7, 11) is -2.49. The van der Waals surface area contributed by atoms with Crippen LogP contribution in [-0.4, -0.2) is 33.5 Å². The fraction of sp³-hybridized carbons (Fsp3) is 0.125. The van der Waals surface area contributed by atoms with E-state index in [9.17, 15) is 18.0 Å². The van der Waals surface area contributed by atoms with Crippen LogP contribution in [0.5, 0.6) is 5.75 Å². The van der Waals surface area contributed by atoms with E-state index < -0.39 is 28.0 Å². The van der Waals surface area contributed by atoms with Crippen molar-refractivity contribution in [3.05, 3.63) is 83.9 Å². The lowest BCUT2D eigenvalue weighted by atomic mass is 10.2. The number of amides is 1. The summed E-state index contributed by atoms with van der Waals surface area (Å²) in [4.78, 5) is 24.8. The van der Waals surface area contributed by atoms with Crippen molar-refractivity contribution in [1.29, 1.82) is 5.26 Å². The number of esters is 1. The van der Waals surface area contributed by atoms with Gasteiger partial charge in [-0.05, 0) is 61.5 Å². The monoisotopic (exact) mass is 479 g/mol. The van der Waals surface area contributed by atoms with Crippen LogP contribution in [0.2, 0.25) is 0 Å². The van der Waals surface area contributed by atoms with Gasteiger partial charge in [0.15, 0.2) is 6.10 Å². The molecule has 3 aromatic rings. The molecular weight excluding hydrogens is 458 g/mol. The van der Waals surface area contributed by atoms with Crippen molar-refractivity contribution in [2.75, 3.05) is 17.1 Å². The maximum Gasteiger partial charge on any atom is 0.338 e. The van der Waals surface area contributed by atoms with Crippen LogP contribution in [0.3, 0.4) is 0 Å². The van der Waals surface area contributed by atoms with E-state index in [1.54, 1.807) is 42.5 Å². The van der Waals surface area contributed by atoms with Gasteiger partial charge in [-0.3, -0.25) is 9.52 Å². The number of carbonyl (C=O) groups is 2. The molecule has 0 fully saturated rings. The molecule has 3 aromatic carbocycles. The summed E-state index contributed by atoms with van der Waals surface area (Å²) in [5.41, 5.74) is 0.818. The average molecular weight is 480 g/mol. The number of carbonyl (C=O) groups excluding carboxylic acids is 2. The van der Waals surface area contributed by atoms with Crippen LogP contribution in [0.1, 0.15) is 22.8 Å². The number of anilines is 2. The summed E-state index contributed by atoms with van der Waals surface area (Å²) in [5.74, 6) is -0.944. The van der Waals surface area contributed by atoms with Gasteiger partial charge < -0.3 is 14.8 Å². The van der Waals surface area contributed by atoms with E-state index in [0.717, 1.165) is 6.07 Å². The van der Waals surface area contributed by atoms with Crippen LogP contribution >= 0.6 is 0 Å². The number of rotatable bonds is 8. The fourth-order valence-electron chi connectivity index (χ4n) is 2.87. The third kappa shape index (κ3) is 5.90. The Kier molecular flexibility index (Phi) is 7.50. The Bertz CT molecular complexity index is 1350. The highest BCUT2D eigenvalue weighted by Crippen LogP contribution is 2.21. The quantitative estimate of drug-likeness (QED) is 0.472. The summed E-state index contributed by atoms with van der Waals surface area (Å²) in [6, 6.07) is 19.9. The predicted molar refractivity (Wildman–Crippen MR) is 125 cm³/mol. The van der Waals surface area contributed by atoms with Crippen molar-refractivity contribution in [3.63, 3.8) is 0 Å². The standard InChI is InChI=1S/C24H21N3O6S/c1-16(23(28)26-22-9-4-3-6-18(22)15-25)33-24(29)17-7-5-8-21(14-17)34(30,31)27-19-10-12-20(32-2)13-11-19/h3-14,16,27H,1-2H3,(H,26,28). The molecule has 174 valence electrons. The van der Waals surface area contributed by atoms with E-state index in [0.29, 0.717) is 11.4 Å². The second kappa shape index (κ2) is 10.5. The molecule has 3 rings (SSSR count). The smallest absolute Gasteiger partial charge is 0.338 e. The summed E-state index contributed by atoms with van der Waals surface area (Å²) < 4.78 is 38.1. The predicted octanol–water partition coefficient (Wildman–Crippen LogP) is 3.55. The van der Waals surface area contributed by atoms with Gasteiger partial charge in [0.2, 0.25) is 0 Å². The molecule has 2 N–H and O–H groups in total. The number of sulfonamides is 1. The molecule has 0 saturated heterocycles. The topological polar surface area (TPSA) is 135 Å². The summed E-state index contributed by atoms with van der Waals surface area (Å²) >= 11 is 0. The lowest BCUT2D eigenvalue weighted by Crippen LogP contribution is -2.30. The average Bonchev–Trinajstić information content (AvgIpc) is 2.84. The van der Waals surface area contributed by atoms with Crippen molar-refractivity contribution in [2.45, 2.75) is 17.9 Å². The number of hydrogen-bond donors (Lipinski definition) is 2. The zero-order valence-corrected chi connectivity index (χ0v) is 19.1. The Morgan fingerprint density at radius 1 is 1.00 bits per heavy atom. The van der Waals surface area contributed by atoms with Crippen molar-refractivity contribution in [2.24, 2.45) is 0 Å². The molecule has 0 bridgehead atoms. The molecule has 1 unspecified atom stereocenters. The molecule has 9 nitrogen and oxygen atoms in total. The molecule has 0 aliphatic rings. The minimum Gasteiger partial charge on any atom is -0.497 e. The van der Waals surface area contributed by atoms with Gasteiger partial charge in [0, 0.05) is 5.69 Å². The first-order chi connectivity index (χ1) is 16.2. The number of nitrogens with zero attached hydrogens (tertiary/aromatic N) is 1. The van der Waals surface area contributed by atoms with E-state index in [1.807, 2.05) is 6.07 Å². The van der Waals surface area contributed by atoms with Gasteiger partial charge in [-0.15, -0.1) is 0 Å². The van der Waals surface area contributed by atoms with Crippen LogP contribution in [0.25, 0.3) is 0 Å². The van der Waals surface area contributed by atoms with Gasteiger partial charge in [0.25, 0.3) is 15.9 Å². The highest BCUT2D eigenvalue weighted by Gasteiger charge is 2.22. The summed E-state index contributed by atoms with van der Waals surface area (Å²) in [6.07, 6.45) is -1.20. The van der Waals surface area contributed by atoms with Gasteiger partial charge >= 0.3 is 5.97 Å². The van der Waals surface area contributed by atoms with Gasteiger partial charge in [-0.25, -0.2) is 13.2 Å². The Hall–Kier alpha value is -4.36. The van der Waals surface area contributed by atoms with Crippen LogP contribution in [0.4, 0.5) is 11.4 Å². The third-order valence-electron chi connectivity index (χ3n) is 4.68. The second-order valence-electron chi connectivity index (χ2n) is 7.06. The van der Waals surface area contributed by atoms with Gasteiger partial charge in [-0.1, -0.05) is 18.2 Å². The third-order valence-corrected chi connectivity index (χ3v) is 6.06. The molecule has 0 spiro atoms. The number of hydrogen-bond acceptors (Lipinski definition) is 7. The second-order valence-corrected chi connectivity index (χ2v) is 8.74.